The smallest absolute Gasteiger partial charge is 0.269 e. The van der Waals surface area contributed by atoms with Crippen molar-refractivity contribution >= 4 is 5.91 Å². The maximum absolute atomic E-state index is 12.5. The molecule has 0 atom stereocenters. The lowest BCUT2D eigenvalue weighted by Gasteiger charge is -2.04. The van der Waals surface area contributed by atoms with Crippen molar-refractivity contribution < 1.29 is 9.21 Å². The molecule has 0 bridgehead atoms. The minimum atomic E-state index is -0.180. The van der Waals surface area contributed by atoms with Crippen molar-refractivity contribution in [2.45, 2.75) is 39.8 Å². The number of nitrogens with zero attached hydrogens (tertiary/aromatic N) is 3. The number of carbonyl (C=O) groups excluding carboxylic acids is 1. The van der Waals surface area contributed by atoms with Crippen LogP contribution in [0, 0.1) is 0 Å². The molecule has 0 unspecified atom stereocenters. The van der Waals surface area contributed by atoms with Crippen LogP contribution in [0.5, 0.6) is 0 Å². The summed E-state index contributed by atoms with van der Waals surface area (Å²) in [5.74, 6) is 1.25. The summed E-state index contributed by atoms with van der Waals surface area (Å²) < 4.78 is 7.43. The van der Waals surface area contributed by atoms with Gasteiger partial charge in [0, 0.05) is 12.1 Å². The Kier molecular flexibility index (Phi) is 4.97. The highest BCUT2D eigenvalue weighted by Gasteiger charge is 2.16. The summed E-state index contributed by atoms with van der Waals surface area (Å²) in [6.07, 6.45) is 1.67. The summed E-state index contributed by atoms with van der Waals surface area (Å²) in [5.41, 5.74) is 2.42. The van der Waals surface area contributed by atoms with Crippen LogP contribution >= 0.6 is 0 Å². The molecule has 3 rings (SSSR count). The Morgan fingerprint density at radius 3 is 2.72 bits per heavy atom. The van der Waals surface area contributed by atoms with E-state index < -0.39 is 0 Å². The number of rotatable bonds is 6. The molecule has 0 spiro atoms. The monoisotopic (exact) mass is 338 g/mol. The van der Waals surface area contributed by atoms with Crippen molar-refractivity contribution in [2.24, 2.45) is 0 Å². The highest BCUT2D eigenvalue weighted by atomic mass is 16.4. The number of hydrogen-bond donors (Lipinski definition) is 1. The molecule has 2 aromatic heterocycles. The van der Waals surface area contributed by atoms with Crippen molar-refractivity contribution in [3.63, 3.8) is 0 Å². The number of amides is 1. The second-order valence-electron chi connectivity index (χ2n) is 6.09. The van der Waals surface area contributed by atoms with Crippen LogP contribution in [0.3, 0.4) is 0 Å². The Hall–Kier alpha value is -2.89. The molecule has 1 N–H and O–H groups in total. The van der Waals surface area contributed by atoms with Crippen LogP contribution in [0.25, 0.3) is 11.3 Å². The lowest BCUT2D eigenvalue weighted by molar-refractivity contribution is 0.0936. The number of aryl methyl sites for hydroxylation is 1. The molecule has 0 aliphatic heterocycles. The Balaban J connectivity index is 1.68. The van der Waals surface area contributed by atoms with E-state index in [1.54, 1.807) is 10.9 Å². The topological polar surface area (TPSA) is 73.0 Å². The first kappa shape index (κ1) is 17.0. The van der Waals surface area contributed by atoms with Crippen LogP contribution in [0.4, 0.5) is 0 Å². The average molecular weight is 338 g/mol. The molecule has 6 heteroatoms. The highest BCUT2D eigenvalue weighted by molar-refractivity contribution is 5.92. The van der Waals surface area contributed by atoms with Gasteiger partial charge in [-0.2, -0.15) is 5.10 Å². The van der Waals surface area contributed by atoms with Crippen LogP contribution in [0.2, 0.25) is 0 Å². The third-order valence-electron chi connectivity index (χ3n) is 3.93. The molecule has 1 amide bonds. The molecule has 25 heavy (non-hydrogen) atoms. The van der Waals surface area contributed by atoms with Gasteiger partial charge in [-0.25, -0.2) is 4.98 Å². The molecule has 0 radical (unpaired) electrons. The standard InChI is InChI=1S/C19H22N4O2/c1-4-23-16(10-15(22-23)13(2)3)19(24)21-12-18-20-11-17(25-18)14-8-6-5-7-9-14/h5-11,13H,4,12H2,1-3H3,(H,21,24). The lowest BCUT2D eigenvalue weighted by atomic mass is 10.1. The molecule has 0 saturated carbocycles. The molecule has 0 aliphatic carbocycles. The predicted molar refractivity (Wildman–Crippen MR) is 95.1 cm³/mol. The molecule has 1 aromatic carbocycles. The molecule has 0 aliphatic rings. The summed E-state index contributed by atoms with van der Waals surface area (Å²) in [5, 5.41) is 7.32. The minimum absolute atomic E-state index is 0.180. The van der Waals surface area contributed by atoms with E-state index in [-0.39, 0.29) is 18.4 Å². The SMILES string of the molecule is CCn1nc(C(C)C)cc1C(=O)NCc1ncc(-c2ccccc2)o1. The molecule has 0 saturated heterocycles. The molecular weight excluding hydrogens is 316 g/mol. The number of hydrogen-bond acceptors (Lipinski definition) is 4. The van der Waals surface area contributed by atoms with Crippen molar-refractivity contribution in [3.8, 4) is 11.3 Å². The first-order valence-electron chi connectivity index (χ1n) is 8.44. The minimum Gasteiger partial charge on any atom is -0.439 e. The van der Waals surface area contributed by atoms with E-state index in [1.807, 2.05) is 43.3 Å². The van der Waals surface area contributed by atoms with Gasteiger partial charge in [-0.05, 0) is 18.9 Å². The molecule has 3 aromatic rings. The largest absolute Gasteiger partial charge is 0.439 e. The van der Waals surface area contributed by atoms with Crippen molar-refractivity contribution in [1.29, 1.82) is 0 Å². The quantitative estimate of drug-likeness (QED) is 0.745. The van der Waals surface area contributed by atoms with Gasteiger partial charge in [0.2, 0.25) is 5.89 Å². The second kappa shape index (κ2) is 7.34. The summed E-state index contributed by atoms with van der Waals surface area (Å²) >= 11 is 0. The number of carbonyl (C=O) groups is 1. The van der Waals surface area contributed by atoms with Gasteiger partial charge in [-0.15, -0.1) is 0 Å². The van der Waals surface area contributed by atoms with Gasteiger partial charge in [0.25, 0.3) is 5.91 Å². The first-order chi connectivity index (χ1) is 12.1. The van der Waals surface area contributed by atoms with Crippen molar-refractivity contribution in [3.05, 3.63) is 59.9 Å². The van der Waals surface area contributed by atoms with Crippen molar-refractivity contribution in [1.82, 2.24) is 20.1 Å². The van der Waals surface area contributed by atoms with E-state index in [0.29, 0.717) is 23.9 Å². The van der Waals surface area contributed by atoms with Crippen LogP contribution in [-0.2, 0) is 13.1 Å². The van der Waals surface area contributed by atoms with E-state index in [0.717, 1.165) is 11.3 Å². The molecule has 0 fully saturated rings. The van der Waals surface area contributed by atoms with Crippen LogP contribution in [0.15, 0.2) is 47.0 Å². The Labute approximate surface area is 146 Å². The number of aromatic nitrogens is 3. The van der Waals surface area contributed by atoms with Gasteiger partial charge < -0.3 is 9.73 Å². The molecule has 2 heterocycles. The zero-order valence-electron chi connectivity index (χ0n) is 14.7. The van der Waals surface area contributed by atoms with E-state index in [2.05, 4.69) is 29.2 Å². The third-order valence-corrected chi connectivity index (χ3v) is 3.93. The predicted octanol–water partition coefficient (Wildman–Crippen LogP) is 3.61. The van der Waals surface area contributed by atoms with Gasteiger partial charge in [-0.3, -0.25) is 9.48 Å². The molecule has 130 valence electrons. The molecular formula is C19H22N4O2. The van der Waals surface area contributed by atoms with E-state index in [1.165, 1.54) is 0 Å². The number of oxazole rings is 1. The lowest BCUT2D eigenvalue weighted by Crippen LogP contribution is -2.25. The maximum Gasteiger partial charge on any atom is 0.269 e. The fourth-order valence-corrected chi connectivity index (χ4v) is 2.52. The highest BCUT2D eigenvalue weighted by Crippen LogP contribution is 2.20. The van der Waals surface area contributed by atoms with Gasteiger partial charge in [0.05, 0.1) is 18.4 Å². The van der Waals surface area contributed by atoms with Gasteiger partial charge >= 0.3 is 0 Å². The Morgan fingerprint density at radius 1 is 1.28 bits per heavy atom. The summed E-state index contributed by atoms with van der Waals surface area (Å²) in [6, 6.07) is 11.6. The van der Waals surface area contributed by atoms with Crippen molar-refractivity contribution in [2.75, 3.05) is 0 Å². The number of nitrogens with one attached hydrogen (secondary N) is 1. The van der Waals surface area contributed by atoms with Gasteiger partial charge in [-0.1, -0.05) is 44.2 Å². The van der Waals surface area contributed by atoms with E-state index >= 15 is 0 Å². The maximum atomic E-state index is 12.5. The number of benzene rings is 1. The van der Waals surface area contributed by atoms with E-state index in [4.69, 9.17) is 4.42 Å². The Morgan fingerprint density at radius 2 is 2.04 bits per heavy atom. The zero-order valence-corrected chi connectivity index (χ0v) is 14.7. The summed E-state index contributed by atoms with van der Waals surface area (Å²) in [4.78, 5) is 16.7. The zero-order chi connectivity index (χ0) is 17.8. The third kappa shape index (κ3) is 3.79. The van der Waals surface area contributed by atoms with Gasteiger partial charge in [0.1, 0.15) is 5.69 Å². The average Bonchev–Trinajstić information content (AvgIpc) is 3.27. The normalized spacial score (nSPS) is 11.0. The summed E-state index contributed by atoms with van der Waals surface area (Å²) in [7, 11) is 0. The second-order valence-corrected chi connectivity index (χ2v) is 6.09. The van der Waals surface area contributed by atoms with Crippen LogP contribution in [-0.4, -0.2) is 20.7 Å². The fourth-order valence-electron chi connectivity index (χ4n) is 2.52. The molecule has 6 nitrogen and oxygen atoms in total. The Bertz CT molecular complexity index is 849. The van der Waals surface area contributed by atoms with Crippen LogP contribution in [0.1, 0.15) is 48.8 Å². The van der Waals surface area contributed by atoms with Gasteiger partial charge in [0.15, 0.2) is 5.76 Å². The fraction of sp³-hybridized carbons (Fsp3) is 0.316. The van der Waals surface area contributed by atoms with Crippen LogP contribution < -0.4 is 5.32 Å². The van der Waals surface area contributed by atoms with E-state index in [9.17, 15) is 4.79 Å². The first-order valence-corrected chi connectivity index (χ1v) is 8.44. The summed E-state index contributed by atoms with van der Waals surface area (Å²) in [6.45, 7) is 6.96.